The highest BCUT2D eigenvalue weighted by molar-refractivity contribution is 7.92. The lowest BCUT2D eigenvalue weighted by atomic mass is 10.1. The number of aryl methyl sites for hydroxylation is 2. The number of rotatable bonds is 8. The molecular weight excluding hydrogens is 436 g/mol. The SMILES string of the molecule is COc1ccc(NC(=O)CCc2c(C)nc3c(C(N)=O)cnn3c2C)cc1NS(C)(=O)=O. The molecule has 0 radical (unpaired) electrons. The van der Waals surface area contributed by atoms with Gasteiger partial charge in [-0.3, -0.25) is 14.3 Å². The molecule has 0 spiro atoms. The summed E-state index contributed by atoms with van der Waals surface area (Å²) in [4.78, 5) is 28.5. The second-order valence-corrected chi connectivity index (χ2v) is 9.01. The maximum Gasteiger partial charge on any atom is 0.254 e. The summed E-state index contributed by atoms with van der Waals surface area (Å²) in [5.74, 6) is -0.547. The Balaban J connectivity index is 1.76. The van der Waals surface area contributed by atoms with Crippen LogP contribution in [-0.2, 0) is 21.2 Å². The summed E-state index contributed by atoms with van der Waals surface area (Å²) in [7, 11) is -2.10. The van der Waals surface area contributed by atoms with Crippen LogP contribution in [0.5, 0.6) is 5.75 Å². The van der Waals surface area contributed by atoms with Crippen molar-refractivity contribution in [2.75, 3.05) is 23.4 Å². The van der Waals surface area contributed by atoms with E-state index in [2.05, 4.69) is 20.1 Å². The monoisotopic (exact) mass is 460 g/mol. The van der Waals surface area contributed by atoms with Gasteiger partial charge >= 0.3 is 0 Å². The number of amides is 2. The molecule has 0 aliphatic rings. The molecule has 2 aromatic heterocycles. The fraction of sp³-hybridized carbons (Fsp3) is 0.300. The molecule has 11 nitrogen and oxygen atoms in total. The number of methoxy groups -OCH3 is 1. The predicted molar refractivity (Wildman–Crippen MR) is 119 cm³/mol. The fourth-order valence-electron chi connectivity index (χ4n) is 3.37. The molecule has 32 heavy (non-hydrogen) atoms. The first-order valence-electron chi connectivity index (χ1n) is 9.59. The van der Waals surface area contributed by atoms with Crippen molar-refractivity contribution in [1.29, 1.82) is 0 Å². The normalized spacial score (nSPS) is 11.4. The van der Waals surface area contributed by atoms with Crippen LogP contribution in [0.25, 0.3) is 5.65 Å². The molecule has 0 saturated carbocycles. The van der Waals surface area contributed by atoms with Crippen LogP contribution in [0.1, 0.15) is 33.7 Å². The van der Waals surface area contributed by atoms with Gasteiger partial charge in [-0.15, -0.1) is 0 Å². The first kappa shape index (κ1) is 23.0. The molecule has 0 unspecified atom stereocenters. The van der Waals surface area contributed by atoms with Crippen LogP contribution >= 0.6 is 0 Å². The van der Waals surface area contributed by atoms with Gasteiger partial charge in [0.05, 0.1) is 25.2 Å². The molecule has 0 bridgehead atoms. The first-order valence-corrected chi connectivity index (χ1v) is 11.5. The highest BCUT2D eigenvalue weighted by atomic mass is 32.2. The van der Waals surface area contributed by atoms with Gasteiger partial charge in [0, 0.05) is 23.5 Å². The van der Waals surface area contributed by atoms with E-state index in [0.717, 1.165) is 17.5 Å². The molecule has 0 aliphatic heterocycles. The zero-order valence-electron chi connectivity index (χ0n) is 18.1. The van der Waals surface area contributed by atoms with Gasteiger partial charge in [-0.25, -0.2) is 17.9 Å². The molecule has 0 saturated heterocycles. The van der Waals surface area contributed by atoms with Gasteiger partial charge in [-0.05, 0) is 44.0 Å². The third kappa shape index (κ3) is 4.97. The van der Waals surface area contributed by atoms with E-state index in [4.69, 9.17) is 10.5 Å². The zero-order chi connectivity index (χ0) is 23.6. The Kier molecular flexibility index (Phi) is 6.35. The number of ether oxygens (including phenoxy) is 1. The van der Waals surface area contributed by atoms with E-state index in [9.17, 15) is 18.0 Å². The van der Waals surface area contributed by atoms with Gasteiger partial charge in [0.15, 0.2) is 5.65 Å². The molecule has 3 aromatic rings. The number of nitrogens with two attached hydrogens (primary N) is 1. The zero-order valence-corrected chi connectivity index (χ0v) is 18.9. The summed E-state index contributed by atoms with van der Waals surface area (Å²) in [6, 6.07) is 4.66. The number of carbonyl (C=O) groups is 2. The van der Waals surface area contributed by atoms with E-state index in [1.54, 1.807) is 19.1 Å². The number of fused-ring (bicyclic) bond motifs is 1. The molecule has 0 fully saturated rings. The van der Waals surface area contributed by atoms with E-state index >= 15 is 0 Å². The van der Waals surface area contributed by atoms with Crippen LogP contribution in [-0.4, -0.2) is 48.2 Å². The summed E-state index contributed by atoms with van der Waals surface area (Å²) in [6.45, 7) is 3.63. The minimum absolute atomic E-state index is 0.152. The maximum absolute atomic E-state index is 12.5. The average Bonchev–Trinajstić information content (AvgIpc) is 3.11. The number of hydrogen-bond donors (Lipinski definition) is 3. The maximum atomic E-state index is 12.5. The molecular formula is C20H24N6O5S. The van der Waals surface area contributed by atoms with Gasteiger partial charge < -0.3 is 15.8 Å². The van der Waals surface area contributed by atoms with Gasteiger partial charge in [0.2, 0.25) is 15.9 Å². The molecule has 2 heterocycles. The van der Waals surface area contributed by atoms with E-state index < -0.39 is 15.9 Å². The summed E-state index contributed by atoms with van der Waals surface area (Å²) >= 11 is 0. The largest absolute Gasteiger partial charge is 0.495 e. The van der Waals surface area contributed by atoms with Crippen molar-refractivity contribution < 1.29 is 22.7 Å². The molecule has 170 valence electrons. The van der Waals surface area contributed by atoms with Crippen molar-refractivity contribution in [3.05, 3.63) is 46.9 Å². The second kappa shape index (κ2) is 8.83. The number of nitrogens with one attached hydrogen (secondary N) is 2. The second-order valence-electron chi connectivity index (χ2n) is 7.26. The Morgan fingerprint density at radius 2 is 1.97 bits per heavy atom. The van der Waals surface area contributed by atoms with Crippen molar-refractivity contribution in [2.45, 2.75) is 26.7 Å². The number of hydrogen-bond acceptors (Lipinski definition) is 7. The van der Waals surface area contributed by atoms with Crippen molar-refractivity contribution in [3.8, 4) is 5.75 Å². The lowest BCUT2D eigenvalue weighted by molar-refractivity contribution is -0.116. The average molecular weight is 461 g/mol. The number of aromatic nitrogens is 3. The van der Waals surface area contributed by atoms with Crippen molar-refractivity contribution in [3.63, 3.8) is 0 Å². The molecule has 0 aliphatic carbocycles. The first-order chi connectivity index (χ1) is 15.0. The molecule has 0 atom stereocenters. The Morgan fingerprint density at radius 1 is 1.25 bits per heavy atom. The Bertz CT molecular complexity index is 1320. The number of benzene rings is 1. The van der Waals surface area contributed by atoms with Crippen LogP contribution in [0.4, 0.5) is 11.4 Å². The van der Waals surface area contributed by atoms with Gasteiger partial charge in [-0.1, -0.05) is 0 Å². The lowest BCUT2D eigenvalue weighted by Gasteiger charge is -2.13. The molecule has 12 heteroatoms. The van der Waals surface area contributed by atoms with E-state index in [1.807, 2.05) is 6.92 Å². The van der Waals surface area contributed by atoms with E-state index in [0.29, 0.717) is 29.2 Å². The standard InChI is InChI=1S/C20H24N6O5S/c1-11-14(12(2)26-20(23-11)15(10-22-26)19(21)28)6-8-18(27)24-13-5-7-17(31-3)16(9-13)25-32(4,29)30/h5,7,9-10,25H,6,8H2,1-4H3,(H2,21,28)(H,24,27). The third-order valence-corrected chi connectivity index (χ3v) is 5.45. The van der Waals surface area contributed by atoms with Gasteiger partial charge in [0.25, 0.3) is 5.91 Å². The van der Waals surface area contributed by atoms with Crippen LogP contribution < -0.4 is 20.5 Å². The summed E-state index contributed by atoms with van der Waals surface area (Å²) in [6.07, 6.45) is 2.95. The molecule has 1 aromatic carbocycles. The minimum Gasteiger partial charge on any atom is -0.495 e. The highest BCUT2D eigenvalue weighted by Gasteiger charge is 2.17. The Morgan fingerprint density at radius 3 is 2.59 bits per heavy atom. The fourth-order valence-corrected chi connectivity index (χ4v) is 3.93. The van der Waals surface area contributed by atoms with Crippen LogP contribution in [0.15, 0.2) is 24.4 Å². The minimum atomic E-state index is -3.52. The van der Waals surface area contributed by atoms with Crippen molar-refractivity contribution in [1.82, 2.24) is 14.6 Å². The smallest absolute Gasteiger partial charge is 0.254 e. The van der Waals surface area contributed by atoms with Gasteiger partial charge in [0.1, 0.15) is 11.3 Å². The quantitative estimate of drug-likeness (QED) is 0.458. The number of carbonyl (C=O) groups excluding carboxylic acids is 2. The Hall–Kier alpha value is -3.67. The predicted octanol–water partition coefficient (Wildman–Crippen LogP) is 1.40. The number of nitrogens with zero attached hydrogens (tertiary/aromatic N) is 3. The molecule has 4 N–H and O–H groups in total. The van der Waals surface area contributed by atoms with Crippen LogP contribution in [0.2, 0.25) is 0 Å². The number of primary amides is 1. The van der Waals surface area contributed by atoms with Crippen molar-refractivity contribution >= 4 is 38.9 Å². The Labute approximate surface area is 185 Å². The third-order valence-electron chi connectivity index (χ3n) is 4.85. The van der Waals surface area contributed by atoms with Crippen LogP contribution in [0, 0.1) is 13.8 Å². The highest BCUT2D eigenvalue weighted by Crippen LogP contribution is 2.28. The summed E-state index contributed by atoms with van der Waals surface area (Å²) < 4.78 is 32.2. The lowest BCUT2D eigenvalue weighted by Crippen LogP contribution is -2.16. The summed E-state index contributed by atoms with van der Waals surface area (Å²) in [5, 5.41) is 6.93. The molecule has 2 amide bonds. The van der Waals surface area contributed by atoms with Crippen LogP contribution in [0.3, 0.4) is 0 Å². The topological polar surface area (TPSA) is 158 Å². The van der Waals surface area contributed by atoms with E-state index in [-0.39, 0.29) is 23.6 Å². The molecule has 3 rings (SSSR count). The van der Waals surface area contributed by atoms with E-state index in [1.165, 1.54) is 23.9 Å². The van der Waals surface area contributed by atoms with Crippen molar-refractivity contribution in [2.24, 2.45) is 5.73 Å². The summed E-state index contributed by atoms with van der Waals surface area (Å²) in [5.41, 5.74) is 8.89. The van der Waals surface area contributed by atoms with Gasteiger partial charge in [-0.2, -0.15) is 5.10 Å². The number of sulfonamides is 1. The number of anilines is 2.